The van der Waals surface area contributed by atoms with Gasteiger partial charge >= 0.3 is 5.69 Å². The lowest BCUT2D eigenvalue weighted by molar-refractivity contribution is -0.387. The first-order chi connectivity index (χ1) is 9.51. The molecule has 0 unspecified atom stereocenters. The van der Waals surface area contributed by atoms with Gasteiger partial charge < -0.3 is 11.1 Å². The number of thiazole rings is 1. The van der Waals surface area contributed by atoms with E-state index in [-0.39, 0.29) is 17.9 Å². The van der Waals surface area contributed by atoms with Gasteiger partial charge in [-0.1, -0.05) is 0 Å². The second-order valence-corrected chi connectivity index (χ2v) is 4.65. The molecule has 7 nitrogen and oxygen atoms in total. The van der Waals surface area contributed by atoms with Crippen LogP contribution in [0.15, 0.2) is 23.6 Å². The summed E-state index contributed by atoms with van der Waals surface area (Å²) in [6, 6.07) is 3.11. The fraction of sp³-hybridized carbons (Fsp3) is 0.0909. The van der Waals surface area contributed by atoms with Crippen LogP contribution in [0.1, 0.15) is 15.5 Å². The first-order valence-electron chi connectivity index (χ1n) is 5.41. The maximum Gasteiger partial charge on any atom is 0.304 e. The van der Waals surface area contributed by atoms with E-state index in [1.807, 2.05) is 0 Å². The number of aromatic nitrogens is 1. The molecule has 104 valence electrons. The van der Waals surface area contributed by atoms with Crippen LogP contribution in [0.5, 0.6) is 0 Å². The van der Waals surface area contributed by atoms with Crippen LogP contribution in [0.2, 0.25) is 0 Å². The summed E-state index contributed by atoms with van der Waals surface area (Å²) in [7, 11) is 0. The molecular formula is C11H9FN4O3S. The van der Waals surface area contributed by atoms with Gasteiger partial charge in [0.2, 0.25) is 5.82 Å². The van der Waals surface area contributed by atoms with Crippen LogP contribution in [-0.2, 0) is 6.54 Å². The van der Waals surface area contributed by atoms with Crippen LogP contribution >= 0.6 is 11.3 Å². The number of anilines is 1. The Kier molecular flexibility index (Phi) is 4.01. The zero-order valence-corrected chi connectivity index (χ0v) is 10.8. The number of amides is 1. The highest BCUT2D eigenvalue weighted by Gasteiger charge is 2.16. The van der Waals surface area contributed by atoms with Crippen molar-refractivity contribution < 1.29 is 14.1 Å². The molecule has 1 amide bonds. The molecule has 0 radical (unpaired) electrons. The number of hydrogen-bond acceptors (Lipinski definition) is 6. The van der Waals surface area contributed by atoms with Gasteiger partial charge in [0.1, 0.15) is 10.7 Å². The number of carbonyl (C=O) groups is 1. The molecule has 0 aliphatic rings. The van der Waals surface area contributed by atoms with Crippen LogP contribution < -0.4 is 11.1 Å². The molecule has 20 heavy (non-hydrogen) atoms. The normalized spacial score (nSPS) is 10.3. The van der Waals surface area contributed by atoms with E-state index < -0.39 is 22.3 Å². The molecule has 1 aromatic carbocycles. The third-order valence-electron chi connectivity index (χ3n) is 2.36. The number of rotatable bonds is 4. The Morgan fingerprint density at radius 2 is 2.30 bits per heavy atom. The van der Waals surface area contributed by atoms with Gasteiger partial charge in [0.25, 0.3) is 5.91 Å². The standard InChI is InChI=1S/C11H9FN4O3S/c12-7-3-6(1-2-9(7)16(18)19)14-11(17)8-5-20-10(4-13)15-8/h1-3,5H,4,13H2,(H,14,17). The average molecular weight is 296 g/mol. The molecule has 0 saturated heterocycles. The lowest BCUT2D eigenvalue weighted by atomic mass is 10.2. The Morgan fingerprint density at radius 1 is 1.55 bits per heavy atom. The van der Waals surface area contributed by atoms with E-state index in [0.717, 1.165) is 12.1 Å². The molecular weight excluding hydrogens is 287 g/mol. The van der Waals surface area contributed by atoms with Crippen LogP contribution in [-0.4, -0.2) is 15.8 Å². The van der Waals surface area contributed by atoms with E-state index >= 15 is 0 Å². The number of nitrogens with zero attached hydrogens (tertiary/aromatic N) is 2. The number of carbonyl (C=O) groups excluding carboxylic acids is 1. The molecule has 0 bridgehead atoms. The summed E-state index contributed by atoms with van der Waals surface area (Å²) in [5, 5.41) is 15.0. The largest absolute Gasteiger partial charge is 0.325 e. The first-order valence-corrected chi connectivity index (χ1v) is 6.29. The second-order valence-electron chi connectivity index (χ2n) is 3.71. The Morgan fingerprint density at radius 3 is 2.85 bits per heavy atom. The van der Waals surface area contributed by atoms with Gasteiger partial charge in [-0.2, -0.15) is 4.39 Å². The van der Waals surface area contributed by atoms with Gasteiger partial charge in [0, 0.05) is 29.7 Å². The molecule has 1 heterocycles. The van der Waals surface area contributed by atoms with Gasteiger partial charge in [0.15, 0.2) is 0 Å². The zero-order chi connectivity index (χ0) is 14.7. The molecule has 2 rings (SSSR count). The topological polar surface area (TPSA) is 111 Å². The highest BCUT2D eigenvalue weighted by atomic mass is 32.1. The summed E-state index contributed by atoms with van der Waals surface area (Å²) >= 11 is 1.24. The number of nitro groups is 1. The van der Waals surface area contributed by atoms with Gasteiger partial charge in [-0.15, -0.1) is 11.3 Å². The van der Waals surface area contributed by atoms with Crippen molar-refractivity contribution in [3.63, 3.8) is 0 Å². The van der Waals surface area contributed by atoms with Crippen molar-refractivity contribution in [1.29, 1.82) is 0 Å². The number of nitrogens with two attached hydrogens (primary N) is 1. The van der Waals surface area contributed by atoms with Gasteiger partial charge in [0.05, 0.1) is 4.92 Å². The molecule has 0 saturated carbocycles. The third kappa shape index (κ3) is 2.95. The predicted molar refractivity (Wildman–Crippen MR) is 71.0 cm³/mol. The van der Waals surface area contributed by atoms with Crippen molar-refractivity contribution in [3.05, 3.63) is 50.2 Å². The van der Waals surface area contributed by atoms with Crippen LogP contribution in [0, 0.1) is 15.9 Å². The minimum Gasteiger partial charge on any atom is -0.325 e. The van der Waals surface area contributed by atoms with E-state index in [1.54, 1.807) is 0 Å². The summed E-state index contributed by atoms with van der Waals surface area (Å²) < 4.78 is 13.4. The first kappa shape index (κ1) is 14.0. The average Bonchev–Trinajstić information content (AvgIpc) is 2.87. The van der Waals surface area contributed by atoms with Crippen molar-refractivity contribution in [2.75, 3.05) is 5.32 Å². The lowest BCUT2D eigenvalue weighted by Gasteiger charge is -2.03. The molecule has 0 aliphatic carbocycles. The number of nitro benzene ring substituents is 1. The summed E-state index contributed by atoms with van der Waals surface area (Å²) in [4.78, 5) is 25.4. The second kappa shape index (κ2) is 5.72. The Hall–Kier alpha value is -2.39. The van der Waals surface area contributed by atoms with Crippen LogP contribution in [0.3, 0.4) is 0 Å². The maximum absolute atomic E-state index is 13.4. The van der Waals surface area contributed by atoms with E-state index in [0.29, 0.717) is 5.01 Å². The highest BCUT2D eigenvalue weighted by molar-refractivity contribution is 7.09. The minimum absolute atomic E-state index is 0.111. The maximum atomic E-state index is 13.4. The zero-order valence-electron chi connectivity index (χ0n) is 10.00. The van der Waals surface area contributed by atoms with Crippen LogP contribution in [0.25, 0.3) is 0 Å². The summed E-state index contributed by atoms with van der Waals surface area (Å²) in [6.07, 6.45) is 0. The Balaban J connectivity index is 2.15. The monoisotopic (exact) mass is 296 g/mol. The number of halogens is 1. The molecule has 1 aromatic heterocycles. The van der Waals surface area contributed by atoms with E-state index in [2.05, 4.69) is 10.3 Å². The Bertz CT molecular complexity index is 673. The van der Waals surface area contributed by atoms with Crippen LogP contribution in [0.4, 0.5) is 15.8 Å². The van der Waals surface area contributed by atoms with E-state index in [1.165, 1.54) is 22.8 Å². The van der Waals surface area contributed by atoms with Gasteiger partial charge in [-0.3, -0.25) is 14.9 Å². The third-order valence-corrected chi connectivity index (χ3v) is 3.23. The molecule has 0 atom stereocenters. The molecule has 9 heteroatoms. The number of benzene rings is 1. The number of hydrogen-bond donors (Lipinski definition) is 2. The van der Waals surface area contributed by atoms with Crippen molar-refractivity contribution >= 4 is 28.6 Å². The van der Waals surface area contributed by atoms with Crippen molar-refractivity contribution in [2.45, 2.75) is 6.54 Å². The van der Waals surface area contributed by atoms with Crippen molar-refractivity contribution in [3.8, 4) is 0 Å². The summed E-state index contributed by atoms with van der Waals surface area (Å²) in [5.41, 5.74) is 5.01. The fourth-order valence-corrected chi connectivity index (χ4v) is 2.09. The SMILES string of the molecule is NCc1nc(C(=O)Nc2ccc([N+](=O)[O-])c(F)c2)cs1. The van der Waals surface area contributed by atoms with Crippen molar-refractivity contribution in [1.82, 2.24) is 4.98 Å². The molecule has 3 N–H and O–H groups in total. The minimum atomic E-state index is -1.02. The molecule has 0 spiro atoms. The van der Waals surface area contributed by atoms with Gasteiger partial charge in [-0.05, 0) is 6.07 Å². The van der Waals surface area contributed by atoms with Crippen molar-refractivity contribution in [2.24, 2.45) is 5.73 Å². The predicted octanol–water partition coefficient (Wildman–Crippen LogP) is 1.90. The van der Waals surface area contributed by atoms with E-state index in [9.17, 15) is 19.3 Å². The quantitative estimate of drug-likeness (QED) is 0.661. The molecule has 2 aromatic rings. The fourth-order valence-electron chi connectivity index (χ4n) is 1.44. The lowest BCUT2D eigenvalue weighted by Crippen LogP contribution is -2.13. The summed E-state index contributed by atoms with van der Waals surface area (Å²) in [6.45, 7) is 0.226. The molecule has 0 fully saturated rings. The smallest absolute Gasteiger partial charge is 0.304 e. The molecule has 0 aliphatic heterocycles. The summed E-state index contributed by atoms with van der Waals surface area (Å²) in [5.74, 6) is -1.55. The Labute approximate surface area is 116 Å². The van der Waals surface area contributed by atoms with Gasteiger partial charge in [-0.25, -0.2) is 4.98 Å². The highest BCUT2D eigenvalue weighted by Crippen LogP contribution is 2.21. The number of nitrogens with one attached hydrogen (secondary N) is 1. The van der Waals surface area contributed by atoms with E-state index in [4.69, 9.17) is 5.73 Å².